The Hall–Kier alpha value is 2.48. The van der Waals surface area contributed by atoms with Crippen LogP contribution in [0.3, 0.4) is 0 Å². The molecule has 6 heavy (non-hydrogen) atoms. The maximum Gasteiger partial charge on any atom is 1.00 e. The van der Waals surface area contributed by atoms with Gasteiger partial charge in [0.1, 0.15) is 0 Å². The molecule has 0 aromatic heterocycles. The van der Waals surface area contributed by atoms with Crippen LogP contribution in [0.1, 0.15) is 1.43 Å². The van der Waals surface area contributed by atoms with Crippen LogP contribution in [0, 0.1) is 0 Å². The molecule has 0 unspecified atom stereocenters. The van der Waals surface area contributed by atoms with Gasteiger partial charge in [-0.3, -0.25) is 0 Å². The van der Waals surface area contributed by atoms with Crippen molar-refractivity contribution in [2.45, 2.75) is 0 Å². The molecule has 0 radical (unpaired) electrons. The van der Waals surface area contributed by atoms with Crippen LogP contribution in [0.15, 0.2) is 0 Å². The molecule has 6 heteroatoms. The van der Waals surface area contributed by atoms with Crippen molar-refractivity contribution in [3.63, 3.8) is 0 Å². The Morgan fingerprint density at radius 2 is 1.17 bits per heavy atom. The van der Waals surface area contributed by atoms with Gasteiger partial charge in [-0.05, 0) is 0 Å². The first-order chi connectivity index (χ1) is 1.73. The van der Waals surface area contributed by atoms with Crippen LogP contribution < -0.4 is 51.4 Å². The molecule has 0 rings (SSSR count). The molecule has 34 valence electrons. The quantitative estimate of drug-likeness (QED) is 0.241. The van der Waals surface area contributed by atoms with Crippen LogP contribution in [0.25, 0.3) is 0 Å². The average Bonchev–Trinajstić information content (AvgIpc) is 0.811. The maximum atomic E-state index is 7.23. The molecule has 3 nitrogen and oxygen atoms in total. The topological polar surface area (TPSA) is 60.7 Å². The van der Waals surface area contributed by atoms with E-state index in [4.69, 9.17) is 14.7 Å². The molecular weight excluding hydrogens is 145 g/mol. The van der Waals surface area contributed by atoms with Crippen molar-refractivity contribution >= 4 is 26.0 Å². The molecule has 0 aliphatic carbocycles. The van der Waals surface area contributed by atoms with Gasteiger partial charge in [0.25, 0.3) is 0 Å². The molecule has 3 N–H and O–H groups in total. The van der Waals surface area contributed by atoms with Crippen LogP contribution in [0.4, 0.5) is 0 Å². The van der Waals surface area contributed by atoms with Crippen molar-refractivity contribution in [3.05, 3.63) is 0 Å². The summed E-state index contributed by atoms with van der Waals surface area (Å²) in [5.41, 5.74) is 0. The molecule has 0 aliphatic rings. The van der Waals surface area contributed by atoms with Gasteiger partial charge in [-0.1, -0.05) is 0 Å². The second-order valence-electron chi connectivity index (χ2n) is 0.268. The average molecular weight is 152 g/mol. The van der Waals surface area contributed by atoms with Crippen molar-refractivity contribution in [1.29, 1.82) is 0 Å². The van der Waals surface area contributed by atoms with Crippen molar-refractivity contribution in [1.82, 2.24) is 0 Å². The van der Waals surface area contributed by atoms with Crippen molar-refractivity contribution in [2.75, 3.05) is 0 Å². The molecule has 0 aliphatic heterocycles. The zero-order valence-corrected chi connectivity index (χ0v) is 6.81. The zero-order valence-electron chi connectivity index (χ0n) is 3.79. The third-order valence-corrected chi connectivity index (χ3v) is 0. The van der Waals surface area contributed by atoms with Gasteiger partial charge in [0.2, 0.25) is 0 Å². The van der Waals surface area contributed by atoms with E-state index >= 15 is 0 Å². The number of rotatable bonds is 0. The summed E-state index contributed by atoms with van der Waals surface area (Å²) in [4.78, 5) is 21.7. The Balaban J connectivity index is -0.0000000150. The summed E-state index contributed by atoms with van der Waals surface area (Å²) in [6.45, 7) is 0. The third kappa shape index (κ3) is 31.7. The molecule has 0 amide bonds. The zero-order chi connectivity index (χ0) is 3.58. The molecule has 0 fully saturated rings. The van der Waals surface area contributed by atoms with E-state index < -0.39 is 8.60 Å². The molecule has 0 bridgehead atoms. The van der Waals surface area contributed by atoms with Gasteiger partial charge in [-0.25, -0.2) is 0 Å². The van der Waals surface area contributed by atoms with E-state index in [9.17, 15) is 0 Å². The molecule has 0 saturated heterocycles. The van der Waals surface area contributed by atoms with Gasteiger partial charge < -0.3 is 16.1 Å². The Morgan fingerprint density at radius 3 is 1.17 bits per heavy atom. The Morgan fingerprint density at radius 1 is 1.17 bits per heavy atom. The molecule has 0 spiro atoms. The van der Waals surface area contributed by atoms with E-state index in [0.717, 1.165) is 0 Å². The minimum absolute atomic E-state index is 0. The standard InChI is InChI=1S/Al.K.H3O3P.4H/c;;1-4(2)3;;;;/h;;1-3H;;;;/q;+1;;;;;-1. The Kier molecular flexibility index (Phi) is 27.5. The monoisotopic (exact) mass is 152 g/mol. The van der Waals surface area contributed by atoms with Crippen molar-refractivity contribution in [3.8, 4) is 0 Å². The van der Waals surface area contributed by atoms with E-state index in [1.54, 1.807) is 0 Å². The van der Waals surface area contributed by atoms with Gasteiger partial charge in [0.15, 0.2) is 17.4 Å². The second kappa shape index (κ2) is 10.5. The SMILES string of the molecule is OP(O)O.[AlH3].[H-].[K+]. The summed E-state index contributed by atoms with van der Waals surface area (Å²) in [6.07, 6.45) is 0. The van der Waals surface area contributed by atoms with Gasteiger partial charge in [-0.2, -0.15) is 0 Å². The molecule has 0 aromatic rings. The fourth-order valence-electron chi connectivity index (χ4n) is 0. The van der Waals surface area contributed by atoms with E-state index in [1.807, 2.05) is 0 Å². The van der Waals surface area contributed by atoms with Crippen molar-refractivity contribution < 1.29 is 67.5 Å². The van der Waals surface area contributed by atoms with Crippen molar-refractivity contribution in [2.24, 2.45) is 0 Å². The molecule has 0 atom stereocenters. The van der Waals surface area contributed by atoms with E-state index in [-0.39, 0.29) is 70.2 Å². The maximum absolute atomic E-state index is 7.23. The molecular formula is H7AlKO3P. The molecule has 0 heterocycles. The fourth-order valence-corrected chi connectivity index (χ4v) is 0. The number of hydrogen-bond acceptors (Lipinski definition) is 3. The van der Waals surface area contributed by atoms with E-state index in [2.05, 4.69) is 0 Å². The van der Waals surface area contributed by atoms with Gasteiger partial charge in [0.05, 0.1) is 0 Å². The Bertz CT molecular complexity index is 19.7. The molecule has 0 aromatic carbocycles. The summed E-state index contributed by atoms with van der Waals surface area (Å²) in [5.74, 6) is 0. The predicted octanol–water partition coefficient (Wildman–Crippen LogP) is -4.88. The summed E-state index contributed by atoms with van der Waals surface area (Å²) in [5, 5.41) is 0. The van der Waals surface area contributed by atoms with Crippen LogP contribution in [-0.4, -0.2) is 32.0 Å². The molecule has 0 saturated carbocycles. The van der Waals surface area contributed by atoms with Crippen LogP contribution in [0.2, 0.25) is 0 Å². The minimum Gasteiger partial charge on any atom is -1.00 e. The van der Waals surface area contributed by atoms with Crippen LogP contribution in [0.5, 0.6) is 0 Å². The van der Waals surface area contributed by atoms with E-state index in [0.29, 0.717) is 0 Å². The first-order valence-electron chi connectivity index (χ1n) is 0.600. The first kappa shape index (κ1) is 15.8. The summed E-state index contributed by atoms with van der Waals surface area (Å²) in [7, 11) is -2.62. The van der Waals surface area contributed by atoms with Gasteiger partial charge in [-0.15, -0.1) is 0 Å². The smallest absolute Gasteiger partial charge is 1.00 e. The van der Waals surface area contributed by atoms with E-state index in [1.165, 1.54) is 0 Å². The summed E-state index contributed by atoms with van der Waals surface area (Å²) in [6, 6.07) is 0. The van der Waals surface area contributed by atoms with Crippen LogP contribution >= 0.6 is 8.60 Å². The van der Waals surface area contributed by atoms with Gasteiger partial charge >= 0.3 is 60.0 Å². The van der Waals surface area contributed by atoms with Crippen LogP contribution in [-0.2, 0) is 0 Å². The third-order valence-electron chi connectivity index (χ3n) is 0. The first-order valence-corrected chi connectivity index (χ1v) is 1.80. The fraction of sp³-hybridized carbons (Fsp3) is 0. The summed E-state index contributed by atoms with van der Waals surface area (Å²) >= 11 is 0. The largest absolute Gasteiger partial charge is 1.00 e. The summed E-state index contributed by atoms with van der Waals surface area (Å²) < 4.78 is 0. The normalized spacial score (nSPS) is 6.00. The predicted molar refractivity (Wildman–Crippen MR) is 24.6 cm³/mol. The number of hydrogen-bond donors (Lipinski definition) is 3. The second-order valence-corrected chi connectivity index (χ2v) is 0.805. The Labute approximate surface area is 91.8 Å². The minimum atomic E-state index is -2.62. The van der Waals surface area contributed by atoms with Gasteiger partial charge in [0, 0.05) is 0 Å².